The van der Waals surface area contributed by atoms with Crippen molar-refractivity contribution in [1.82, 2.24) is 0 Å². The number of hydrogen-bond donors (Lipinski definition) is 1. The Labute approximate surface area is 154 Å². The van der Waals surface area contributed by atoms with Crippen LogP contribution in [0.5, 0.6) is 0 Å². The minimum atomic E-state index is -0.455. The van der Waals surface area contributed by atoms with Crippen LogP contribution >= 0.6 is 34.8 Å². The predicted octanol–water partition coefficient (Wildman–Crippen LogP) is 4.64. The molecule has 0 unspecified atom stereocenters. The van der Waals surface area contributed by atoms with Gasteiger partial charge < -0.3 is 10.2 Å². The van der Waals surface area contributed by atoms with Crippen LogP contribution < -0.4 is 10.2 Å². The van der Waals surface area contributed by atoms with Crippen LogP contribution in [-0.2, 0) is 9.59 Å². The van der Waals surface area contributed by atoms with E-state index in [1.54, 1.807) is 42.5 Å². The van der Waals surface area contributed by atoms with Crippen LogP contribution in [0.3, 0.4) is 0 Å². The van der Waals surface area contributed by atoms with Crippen molar-refractivity contribution < 1.29 is 9.59 Å². The molecule has 1 saturated heterocycles. The standard InChI is InChI=1S/C17H13Cl3N2O2/c18-11-4-6-12(7-5-11)21-17(24)10-8-15(23)22(9-10)14-3-1-2-13(19)16(14)20/h1-7,10H,8-9H2,(H,21,24)/t10-/m1/s1. The van der Waals surface area contributed by atoms with E-state index in [9.17, 15) is 9.59 Å². The number of halogens is 3. The van der Waals surface area contributed by atoms with Crippen LogP contribution in [0.2, 0.25) is 15.1 Å². The third kappa shape index (κ3) is 3.51. The van der Waals surface area contributed by atoms with Crippen LogP contribution in [0.1, 0.15) is 6.42 Å². The number of amides is 2. The van der Waals surface area contributed by atoms with Gasteiger partial charge in [-0.25, -0.2) is 0 Å². The highest BCUT2D eigenvalue weighted by molar-refractivity contribution is 6.44. The zero-order chi connectivity index (χ0) is 17.3. The Morgan fingerprint density at radius 2 is 1.79 bits per heavy atom. The van der Waals surface area contributed by atoms with Gasteiger partial charge in [-0.1, -0.05) is 40.9 Å². The summed E-state index contributed by atoms with van der Waals surface area (Å²) in [5.74, 6) is -0.829. The maximum atomic E-state index is 12.4. The molecule has 1 atom stereocenters. The normalized spacial score (nSPS) is 17.2. The van der Waals surface area contributed by atoms with Gasteiger partial charge in [-0.3, -0.25) is 9.59 Å². The first-order valence-corrected chi connectivity index (χ1v) is 8.40. The molecule has 1 aliphatic heterocycles. The SMILES string of the molecule is O=C(Nc1ccc(Cl)cc1)[C@@H]1CC(=O)N(c2cccc(Cl)c2Cl)C1. The van der Waals surface area contributed by atoms with Crippen molar-refractivity contribution in [2.24, 2.45) is 5.92 Å². The predicted molar refractivity (Wildman–Crippen MR) is 97.0 cm³/mol. The molecule has 1 aliphatic rings. The Morgan fingerprint density at radius 1 is 1.08 bits per heavy atom. The second-order valence-corrected chi connectivity index (χ2v) is 6.70. The fourth-order valence-corrected chi connectivity index (χ4v) is 3.12. The van der Waals surface area contributed by atoms with E-state index in [1.165, 1.54) is 4.90 Å². The van der Waals surface area contributed by atoms with Crippen molar-refractivity contribution in [3.05, 3.63) is 57.5 Å². The summed E-state index contributed by atoms with van der Waals surface area (Å²) < 4.78 is 0. The van der Waals surface area contributed by atoms with E-state index < -0.39 is 5.92 Å². The molecule has 2 amide bonds. The van der Waals surface area contributed by atoms with E-state index in [4.69, 9.17) is 34.8 Å². The molecule has 7 heteroatoms. The first-order valence-electron chi connectivity index (χ1n) is 7.26. The summed E-state index contributed by atoms with van der Waals surface area (Å²) in [7, 11) is 0. The summed E-state index contributed by atoms with van der Waals surface area (Å²) in [5.41, 5.74) is 1.16. The fraction of sp³-hybridized carbons (Fsp3) is 0.176. The number of carbonyl (C=O) groups is 2. The monoisotopic (exact) mass is 382 g/mol. The van der Waals surface area contributed by atoms with Crippen LogP contribution in [0.4, 0.5) is 11.4 Å². The Hall–Kier alpha value is -1.75. The molecule has 124 valence electrons. The molecule has 0 saturated carbocycles. The number of anilines is 2. The summed E-state index contributed by atoms with van der Waals surface area (Å²) >= 11 is 18.0. The van der Waals surface area contributed by atoms with E-state index in [0.29, 0.717) is 26.4 Å². The number of carbonyl (C=O) groups excluding carboxylic acids is 2. The lowest BCUT2D eigenvalue weighted by atomic mass is 10.1. The molecule has 0 spiro atoms. The van der Waals surface area contributed by atoms with Crippen LogP contribution in [0, 0.1) is 5.92 Å². The molecule has 0 radical (unpaired) electrons. The Bertz CT molecular complexity index is 793. The van der Waals surface area contributed by atoms with Crippen molar-refractivity contribution >= 4 is 58.0 Å². The average molecular weight is 384 g/mol. The van der Waals surface area contributed by atoms with E-state index >= 15 is 0 Å². The second-order valence-electron chi connectivity index (χ2n) is 5.47. The summed E-state index contributed by atoms with van der Waals surface area (Å²) in [6, 6.07) is 11.9. The van der Waals surface area contributed by atoms with Gasteiger partial charge in [0.2, 0.25) is 11.8 Å². The van der Waals surface area contributed by atoms with Crippen LogP contribution in [0.25, 0.3) is 0 Å². The number of rotatable bonds is 3. The minimum absolute atomic E-state index is 0.127. The maximum Gasteiger partial charge on any atom is 0.229 e. The number of benzene rings is 2. The van der Waals surface area contributed by atoms with Crippen molar-refractivity contribution in [1.29, 1.82) is 0 Å². The van der Waals surface area contributed by atoms with Crippen LogP contribution in [0.15, 0.2) is 42.5 Å². The third-order valence-electron chi connectivity index (χ3n) is 3.83. The molecule has 24 heavy (non-hydrogen) atoms. The molecule has 0 aromatic heterocycles. The third-order valence-corrected chi connectivity index (χ3v) is 4.89. The number of hydrogen-bond acceptors (Lipinski definition) is 2. The molecule has 4 nitrogen and oxygen atoms in total. The second kappa shape index (κ2) is 7.01. The van der Waals surface area contributed by atoms with Gasteiger partial charge in [0.15, 0.2) is 0 Å². The summed E-state index contributed by atoms with van der Waals surface area (Å²) in [4.78, 5) is 26.2. The van der Waals surface area contributed by atoms with Crippen molar-refractivity contribution in [3.63, 3.8) is 0 Å². The Kier molecular flexibility index (Phi) is 4.99. The molecule has 2 aromatic carbocycles. The van der Waals surface area contributed by atoms with Gasteiger partial charge in [0.05, 0.1) is 21.7 Å². The lowest BCUT2D eigenvalue weighted by Gasteiger charge is -2.18. The molecule has 1 N–H and O–H groups in total. The first kappa shape index (κ1) is 17.1. The van der Waals surface area contributed by atoms with E-state index in [2.05, 4.69) is 5.32 Å². The van der Waals surface area contributed by atoms with E-state index in [1.807, 2.05) is 0 Å². The Morgan fingerprint density at radius 3 is 2.50 bits per heavy atom. The van der Waals surface area contributed by atoms with E-state index in [-0.39, 0.29) is 24.8 Å². The molecule has 1 fully saturated rings. The summed E-state index contributed by atoms with van der Waals surface area (Å²) in [6.07, 6.45) is 0.127. The molecular weight excluding hydrogens is 371 g/mol. The average Bonchev–Trinajstić information content (AvgIpc) is 2.94. The van der Waals surface area contributed by atoms with Crippen molar-refractivity contribution in [3.8, 4) is 0 Å². The molecule has 3 rings (SSSR count). The zero-order valence-corrected chi connectivity index (χ0v) is 14.7. The lowest BCUT2D eigenvalue weighted by Crippen LogP contribution is -2.28. The fourth-order valence-electron chi connectivity index (χ4n) is 2.59. The highest BCUT2D eigenvalue weighted by atomic mass is 35.5. The van der Waals surface area contributed by atoms with E-state index in [0.717, 1.165) is 0 Å². The number of nitrogens with zero attached hydrogens (tertiary/aromatic N) is 1. The van der Waals surface area contributed by atoms with Gasteiger partial charge in [0.1, 0.15) is 0 Å². The highest BCUT2D eigenvalue weighted by Crippen LogP contribution is 2.35. The topological polar surface area (TPSA) is 49.4 Å². The first-order chi connectivity index (χ1) is 11.5. The van der Waals surface area contributed by atoms with Gasteiger partial charge in [0, 0.05) is 23.7 Å². The van der Waals surface area contributed by atoms with Crippen molar-refractivity contribution in [2.75, 3.05) is 16.8 Å². The molecular formula is C17H13Cl3N2O2. The van der Waals surface area contributed by atoms with Gasteiger partial charge >= 0.3 is 0 Å². The van der Waals surface area contributed by atoms with Gasteiger partial charge in [-0.05, 0) is 36.4 Å². The summed E-state index contributed by atoms with van der Waals surface area (Å²) in [6.45, 7) is 0.262. The maximum absolute atomic E-state index is 12.4. The van der Waals surface area contributed by atoms with Gasteiger partial charge in [-0.15, -0.1) is 0 Å². The molecule has 2 aromatic rings. The summed E-state index contributed by atoms with van der Waals surface area (Å²) in [5, 5.41) is 4.07. The smallest absolute Gasteiger partial charge is 0.229 e. The highest BCUT2D eigenvalue weighted by Gasteiger charge is 2.36. The lowest BCUT2D eigenvalue weighted by molar-refractivity contribution is -0.122. The minimum Gasteiger partial charge on any atom is -0.326 e. The van der Waals surface area contributed by atoms with Crippen LogP contribution in [-0.4, -0.2) is 18.4 Å². The molecule has 0 bridgehead atoms. The van der Waals surface area contributed by atoms with Crippen molar-refractivity contribution in [2.45, 2.75) is 6.42 Å². The Balaban J connectivity index is 1.73. The molecule has 0 aliphatic carbocycles. The molecule has 1 heterocycles. The quantitative estimate of drug-likeness (QED) is 0.839. The van der Waals surface area contributed by atoms with Gasteiger partial charge in [0.25, 0.3) is 0 Å². The largest absolute Gasteiger partial charge is 0.326 e. The zero-order valence-electron chi connectivity index (χ0n) is 12.4. The number of nitrogens with one attached hydrogen (secondary N) is 1. The van der Waals surface area contributed by atoms with Gasteiger partial charge in [-0.2, -0.15) is 0 Å².